The summed E-state index contributed by atoms with van der Waals surface area (Å²) in [5.41, 5.74) is 7.54. The van der Waals surface area contributed by atoms with Crippen LogP contribution < -0.4 is 10.6 Å². The number of halogens is 1. The van der Waals surface area contributed by atoms with Crippen LogP contribution in [0.3, 0.4) is 0 Å². The second-order valence-electron chi connectivity index (χ2n) is 5.50. The number of ether oxygens (including phenoxy) is 1. The zero-order valence-corrected chi connectivity index (χ0v) is 12.2. The third-order valence-corrected chi connectivity index (χ3v) is 3.76. The van der Waals surface area contributed by atoms with Crippen molar-refractivity contribution in [3.8, 4) is 0 Å². The van der Waals surface area contributed by atoms with Gasteiger partial charge in [-0.2, -0.15) is 0 Å². The van der Waals surface area contributed by atoms with Crippen LogP contribution in [0.4, 0.5) is 5.69 Å². The minimum absolute atomic E-state index is 0.129. The van der Waals surface area contributed by atoms with Crippen LogP contribution >= 0.6 is 11.6 Å². The topological polar surface area (TPSA) is 55.6 Å². The monoisotopic (exact) mass is 282 g/mol. The van der Waals surface area contributed by atoms with Gasteiger partial charge in [0, 0.05) is 35.3 Å². The number of benzene rings is 1. The average Bonchev–Trinajstić information content (AvgIpc) is 2.62. The van der Waals surface area contributed by atoms with E-state index in [2.05, 4.69) is 13.8 Å². The van der Waals surface area contributed by atoms with E-state index in [4.69, 9.17) is 22.1 Å². The second-order valence-corrected chi connectivity index (χ2v) is 5.91. The van der Waals surface area contributed by atoms with Crippen LogP contribution in [-0.2, 0) is 14.9 Å². The number of anilines is 1. The van der Waals surface area contributed by atoms with E-state index >= 15 is 0 Å². The molecule has 1 aliphatic heterocycles. The van der Waals surface area contributed by atoms with Gasteiger partial charge in [0.1, 0.15) is 6.04 Å². The molecular weight excluding hydrogens is 264 g/mol. The van der Waals surface area contributed by atoms with Crippen molar-refractivity contribution in [3.63, 3.8) is 0 Å². The van der Waals surface area contributed by atoms with Gasteiger partial charge in [0.25, 0.3) is 0 Å². The first-order chi connectivity index (χ1) is 8.88. The van der Waals surface area contributed by atoms with Crippen molar-refractivity contribution in [1.82, 2.24) is 0 Å². The third kappa shape index (κ3) is 2.48. The standard InChI is InChI=1S/C14H19ClN2O2/c1-14(2)8-17(13(18)10(16)7-19-3)11-6-4-5-9(15)12(11)14/h4-6,10H,7-8,16H2,1-3H3. The molecule has 0 saturated carbocycles. The first kappa shape index (κ1) is 14.3. The van der Waals surface area contributed by atoms with Crippen molar-refractivity contribution >= 4 is 23.2 Å². The molecule has 1 aromatic rings. The fourth-order valence-electron chi connectivity index (χ4n) is 2.61. The molecule has 0 bridgehead atoms. The van der Waals surface area contributed by atoms with Crippen molar-refractivity contribution < 1.29 is 9.53 Å². The smallest absolute Gasteiger partial charge is 0.246 e. The highest BCUT2D eigenvalue weighted by molar-refractivity contribution is 6.32. The SMILES string of the molecule is COCC(N)C(=O)N1CC(C)(C)c2c(Cl)cccc21. The molecule has 104 valence electrons. The van der Waals surface area contributed by atoms with Gasteiger partial charge in [0.05, 0.1) is 6.61 Å². The zero-order valence-electron chi connectivity index (χ0n) is 11.4. The summed E-state index contributed by atoms with van der Waals surface area (Å²) in [5, 5.41) is 0.693. The summed E-state index contributed by atoms with van der Waals surface area (Å²) in [5.74, 6) is -0.129. The Balaban J connectivity index is 2.38. The van der Waals surface area contributed by atoms with Gasteiger partial charge in [0.15, 0.2) is 0 Å². The summed E-state index contributed by atoms with van der Waals surface area (Å²) in [4.78, 5) is 14.1. The lowest BCUT2D eigenvalue weighted by Crippen LogP contribution is -2.47. The van der Waals surface area contributed by atoms with Crippen LogP contribution in [0.5, 0.6) is 0 Å². The van der Waals surface area contributed by atoms with E-state index < -0.39 is 6.04 Å². The number of carbonyl (C=O) groups is 1. The second kappa shape index (κ2) is 5.12. The van der Waals surface area contributed by atoms with E-state index in [1.807, 2.05) is 18.2 Å². The van der Waals surface area contributed by atoms with Crippen LogP contribution in [0, 0.1) is 0 Å². The average molecular weight is 283 g/mol. The molecule has 1 aliphatic rings. The highest BCUT2D eigenvalue weighted by atomic mass is 35.5. The predicted octanol–water partition coefficient (Wildman–Crippen LogP) is 1.94. The van der Waals surface area contributed by atoms with Gasteiger partial charge in [0.2, 0.25) is 5.91 Å². The molecular formula is C14H19ClN2O2. The van der Waals surface area contributed by atoms with E-state index in [1.165, 1.54) is 7.11 Å². The van der Waals surface area contributed by atoms with Gasteiger partial charge >= 0.3 is 0 Å². The molecule has 1 amide bonds. The van der Waals surface area contributed by atoms with Crippen LogP contribution in [0.15, 0.2) is 18.2 Å². The van der Waals surface area contributed by atoms with E-state index in [0.717, 1.165) is 11.3 Å². The maximum absolute atomic E-state index is 12.4. The lowest BCUT2D eigenvalue weighted by molar-refractivity contribution is -0.120. The quantitative estimate of drug-likeness (QED) is 0.922. The summed E-state index contributed by atoms with van der Waals surface area (Å²) in [6, 6.07) is 4.97. The number of carbonyl (C=O) groups excluding carboxylic acids is 1. The lowest BCUT2D eigenvalue weighted by Gasteiger charge is -2.23. The Labute approximate surface area is 118 Å². The molecule has 19 heavy (non-hydrogen) atoms. The zero-order chi connectivity index (χ0) is 14.2. The van der Waals surface area contributed by atoms with E-state index in [-0.39, 0.29) is 17.9 Å². The molecule has 1 atom stereocenters. The Hall–Kier alpha value is -1.10. The molecule has 0 aliphatic carbocycles. The number of amides is 1. The van der Waals surface area contributed by atoms with Crippen molar-refractivity contribution in [1.29, 1.82) is 0 Å². The summed E-state index contributed by atoms with van der Waals surface area (Å²) in [6.07, 6.45) is 0. The van der Waals surface area contributed by atoms with Gasteiger partial charge in [-0.1, -0.05) is 31.5 Å². The van der Waals surface area contributed by atoms with E-state index in [9.17, 15) is 4.79 Å². The summed E-state index contributed by atoms with van der Waals surface area (Å²) in [7, 11) is 1.53. The lowest BCUT2D eigenvalue weighted by atomic mass is 9.87. The number of fused-ring (bicyclic) bond motifs is 1. The predicted molar refractivity (Wildman–Crippen MR) is 76.7 cm³/mol. The number of nitrogens with two attached hydrogens (primary N) is 1. The summed E-state index contributed by atoms with van der Waals surface area (Å²) < 4.78 is 4.95. The molecule has 1 heterocycles. The van der Waals surface area contributed by atoms with Crippen molar-refractivity contribution in [2.24, 2.45) is 5.73 Å². The summed E-state index contributed by atoms with van der Waals surface area (Å²) >= 11 is 6.27. The molecule has 4 nitrogen and oxygen atoms in total. The molecule has 1 unspecified atom stereocenters. The molecule has 0 spiro atoms. The highest BCUT2D eigenvalue weighted by Gasteiger charge is 2.40. The van der Waals surface area contributed by atoms with Crippen molar-refractivity contribution in [2.45, 2.75) is 25.3 Å². The minimum atomic E-state index is -0.647. The number of hydrogen-bond donors (Lipinski definition) is 1. The molecule has 0 fully saturated rings. The Morgan fingerprint density at radius 2 is 2.26 bits per heavy atom. The first-order valence-corrected chi connectivity index (χ1v) is 6.61. The number of methoxy groups -OCH3 is 1. The van der Waals surface area contributed by atoms with Gasteiger partial charge in [-0.3, -0.25) is 4.79 Å². The molecule has 0 aromatic heterocycles. The normalized spacial score (nSPS) is 18.3. The third-order valence-electron chi connectivity index (χ3n) is 3.44. The fraction of sp³-hybridized carbons (Fsp3) is 0.500. The van der Waals surface area contributed by atoms with Crippen LogP contribution in [0.2, 0.25) is 5.02 Å². The van der Waals surface area contributed by atoms with Gasteiger partial charge in [-0.05, 0) is 12.1 Å². The molecule has 0 saturated heterocycles. The van der Waals surface area contributed by atoms with Crippen LogP contribution in [0.25, 0.3) is 0 Å². The summed E-state index contributed by atoms with van der Waals surface area (Å²) in [6.45, 7) is 4.95. The fourth-order valence-corrected chi connectivity index (χ4v) is 3.04. The Morgan fingerprint density at radius 3 is 2.89 bits per heavy atom. The Bertz CT molecular complexity index is 502. The highest BCUT2D eigenvalue weighted by Crippen LogP contribution is 2.44. The van der Waals surface area contributed by atoms with Gasteiger partial charge in [-0.15, -0.1) is 0 Å². The maximum atomic E-state index is 12.4. The maximum Gasteiger partial charge on any atom is 0.246 e. The van der Waals surface area contributed by atoms with Gasteiger partial charge < -0.3 is 15.4 Å². The number of nitrogens with zero attached hydrogens (tertiary/aromatic N) is 1. The Kier molecular flexibility index (Phi) is 3.85. The number of rotatable bonds is 3. The van der Waals surface area contributed by atoms with Crippen LogP contribution in [-0.4, -0.2) is 32.2 Å². The van der Waals surface area contributed by atoms with Crippen LogP contribution in [0.1, 0.15) is 19.4 Å². The van der Waals surface area contributed by atoms with Crippen molar-refractivity contribution in [2.75, 3.05) is 25.2 Å². The van der Waals surface area contributed by atoms with Gasteiger partial charge in [-0.25, -0.2) is 0 Å². The first-order valence-electron chi connectivity index (χ1n) is 6.23. The molecule has 0 radical (unpaired) electrons. The molecule has 1 aromatic carbocycles. The number of hydrogen-bond acceptors (Lipinski definition) is 3. The Morgan fingerprint density at radius 1 is 1.58 bits per heavy atom. The molecule has 2 rings (SSSR count). The molecule has 2 N–H and O–H groups in total. The van der Waals surface area contributed by atoms with E-state index in [1.54, 1.807) is 4.90 Å². The minimum Gasteiger partial charge on any atom is -0.383 e. The largest absolute Gasteiger partial charge is 0.383 e. The van der Waals surface area contributed by atoms with E-state index in [0.29, 0.717) is 11.6 Å². The molecule has 5 heteroatoms. The van der Waals surface area contributed by atoms with Crippen molar-refractivity contribution in [3.05, 3.63) is 28.8 Å².